The maximum Gasteiger partial charge on any atom is 0.305 e. The van der Waals surface area contributed by atoms with E-state index in [2.05, 4.69) is 10.3 Å². The van der Waals surface area contributed by atoms with E-state index in [4.69, 9.17) is 5.11 Å². The molecule has 3 rings (SSSR count). The number of carboxylic acids is 1. The molecule has 3 aromatic rings. The number of halogens is 1. The third-order valence-electron chi connectivity index (χ3n) is 3.77. The number of rotatable bonds is 5. The van der Waals surface area contributed by atoms with Gasteiger partial charge in [0.25, 0.3) is 5.91 Å². The highest BCUT2D eigenvalue weighted by atomic mass is 19.1. The molecule has 0 aliphatic carbocycles. The van der Waals surface area contributed by atoms with Gasteiger partial charge < -0.3 is 15.4 Å². The van der Waals surface area contributed by atoms with Crippen molar-refractivity contribution in [2.24, 2.45) is 0 Å². The van der Waals surface area contributed by atoms with Crippen LogP contribution in [-0.2, 0) is 4.79 Å². The first-order chi connectivity index (χ1) is 11.5. The van der Waals surface area contributed by atoms with Gasteiger partial charge in [-0.15, -0.1) is 0 Å². The zero-order valence-corrected chi connectivity index (χ0v) is 12.6. The number of H-pyrrole nitrogens is 1. The SMILES string of the molecule is O=C(O)C[C@@H](NC(=O)c1ccc2[nH]ccc2c1)c1ccc(F)cc1. The largest absolute Gasteiger partial charge is 0.481 e. The Kier molecular flexibility index (Phi) is 4.29. The van der Waals surface area contributed by atoms with Crippen LogP contribution in [0.25, 0.3) is 10.9 Å². The van der Waals surface area contributed by atoms with Gasteiger partial charge in [-0.05, 0) is 42.0 Å². The quantitative estimate of drug-likeness (QED) is 0.673. The Morgan fingerprint density at radius 3 is 2.58 bits per heavy atom. The first-order valence-corrected chi connectivity index (χ1v) is 7.38. The van der Waals surface area contributed by atoms with E-state index in [-0.39, 0.29) is 12.3 Å². The van der Waals surface area contributed by atoms with Crippen LogP contribution in [0.1, 0.15) is 28.4 Å². The van der Waals surface area contributed by atoms with Gasteiger partial charge in [-0.3, -0.25) is 9.59 Å². The average Bonchev–Trinajstić information content (AvgIpc) is 3.02. The zero-order chi connectivity index (χ0) is 17.1. The number of hydrogen-bond donors (Lipinski definition) is 3. The third-order valence-corrected chi connectivity index (χ3v) is 3.77. The molecule has 0 aliphatic heterocycles. The van der Waals surface area contributed by atoms with Crippen molar-refractivity contribution in [1.82, 2.24) is 10.3 Å². The molecule has 5 nitrogen and oxygen atoms in total. The molecule has 0 radical (unpaired) electrons. The van der Waals surface area contributed by atoms with E-state index in [9.17, 15) is 14.0 Å². The van der Waals surface area contributed by atoms with E-state index in [1.165, 1.54) is 24.3 Å². The van der Waals surface area contributed by atoms with Gasteiger partial charge in [0.1, 0.15) is 5.82 Å². The third kappa shape index (κ3) is 3.43. The van der Waals surface area contributed by atoms with Crippen LogP contribution in [-0.4, -0.2) is 22.0 Å². The van der Waals surface area contributed by atoms with E-state index in [1.54, 1.807) is 24.4 Å². The number of carboxylic acid groups (broad SMARTS) is 1. The Morgan fingerprint density at radius 1 is 1.12 bits per heavy atom. The molecule has 0 saturated heterocycles. The summed E-state index contributed by atoms with van der Waals surface area (Å²) in [6.45, 7) is 0. The molecular formula is C18H15FN2O3. The number of carbonyl (C=O) groups is 2. The standard InChI is InChI=1S/C18H15FN2O3/c19-14-4-1-11(2-5-14)16(10-17(22)23)21-18(24)13-3-6-15-12(9-13)7-8-20-15/h1-9,16,20H,10H2,(H,21,24)(H,22,23)/t16-/m1/s1. The molecule has 3 N–H and O–H groups in total. The van der Waals surface area contributed by atoms with Gasteiger partial charge in [0, 0.05) is 22.7 Å². The summed E-state index contributed by atoms with van der Waals surface area (Å²) >= 11 is 0. The summed E-state index contributed by atoms with van der Waals surface area (Å²) in [5.41, 5.74) is 1.88. The molecule has 2 aromatic carbocycles. The molecule has 6 heteroatoms. The molecule has 1 atom stereocenters. The summed E-state index contributed by atoms with van der Waals surface area (Å²) in [6, 6.07) is 11.7. The normalized spacial score (nSPS) is 12.0. The van der Waals surface area contributed by atoms with Gasteiger partial charge in [0.05, 0.1) is 12.5 Å². The number of nitrogens with one attached hydrogen (secondary N) is 2. The number of hydrogen-bond acceptors (Lipinski definition) is 2. The van der Waals surface area contributed by atoms with Crippen molar-refractivity contribution in [3.05, 3.63) is 71.7 Å². The lowest BCUT2D eigenvalue weighted by Gasteiger charge is -2.17. The van der Waals surface area contributed by atoms with Crippen molar-refractivity contribution in [3.8, 4) is 0 Å². The minimum absolute atomic E-state index is 0.288. The highest BCUT2D eigenvalue weighted by molar-refractivity contribution is 5.98. The maximum atomic E-state index is 13.1. The van der Waals surface area contributed by atoms with Crippen LogP contribution in [0.3, 0.4) is 0 Å². The second-order valence-electron chi connectivity index (χ2n) is 5.46. The smallest absolute Gasteiger partial charge is 0.305 e. The van der Waals surface area contributed by atoms with Crippen molar-refractivity contribution in [2.75, 3.05) is 0 Å². The Balaban J connectivity index is 1.84. The Morgan fingerprint density at radius 2 is 1.88 bits per heavy atom. The number of amides is 1. The van der Waals surface area contributed by atoms with Crippen LogP contribution >= 0.6 is 0 Å². The molecule has 24 heavy (non-hydrogen) atoms. The lowest BCUT2D eigenvalue weighted by molar-refractivity contribution is -0.137. The fourth-order valence-electron chi connectivity index (χ4n) is 2.56. The van der Waals surface area contributed by atoms with E-state index in [1.807, 2.05) is 6.07 Å². The van der Waals surface area contributed by atoms with Gasteiger partial charge in [-0.2, -0.15) is 0 Å². The first-order valence-electron chi connectivity index (χ1n) is 7.38. The lowest BCUT2D eigenvalue weighted by Crippen LogP contribution is -2.30. The molecule has 122 valence electrons. The average molecular weight is 326 g/mol. The van der Waals surface area contributed by atoms with Gasteiger partial charge >= 0.3 is 5.97 Å². The molecule has 0 saturated carbocycles. The van der Waals surface area contributed by atoms with Gasteiger partial charge in [0.15, 0.2) is 0 Å². The Hall–Kier alpha value is -3.15. The van der Waals surface area contributed by atoms with E-state index in [0.29, 0.717) is 11.1 Å². The fourth-order valence-corrected chi connectivity index (χ4v) is 2.56. The van der Waals surface area contributed by atoms with Crippen molar-refractivity contribution >= 4 is 22.8 Å². The summed E-state index contributed by atoms with van der Waals surface area (Å²) in [5.74, 6) is -1.85. The van der Waals surface area contributed by atoms with E-state index >= 15 is 0 Å². The van der Waals surface area contributed by atoms with Crippen molar-refractivity contribution in [1.29, 1.82) is 0 Å². The Bertz CT molecular complexity index is 887. The minimum atomic E-state index is -1.05. The van der Waals surface area contributed by atoms with Crippen LogP contribution in [0.2, 0.25) is 0 Å². The second-order valence-corrected chi connectivity index (χ2v) is 5.46. The van der Waals surface area contributed by atoms with E-state index < -0.39 is 17.8 Å². The molecular weight excluding hydrogens is 311 g/mol. The lowest BCUT2D eigenvalue weighted by atomic mass is 10.0. The van der Waals surface area contributed by atoms with Gasteiger partial charge in [-0.25, -0.2) is 4.39 Å². The van der Waals surface area contributed by atoms with Crippen LogP contribution in [0.15, 0.2) is 54.7 Å². The molecule has 0 spiro atoms. The predicted molar refractivity (Wildman–Crippen MR) is 87.2 cm³/mol. The molecule has 1 amide bonds. The molecule has 0 fully saturated rings. The highest BCUT2D eigenvalue weighted by Crippen LogP contribution is 2.20. The summed E-state index contributed by atoms with van der Waals surface area (Å²) in [4.78, 5) is 26.6. The fraction of sp³-hybridized carbons (Fsp3) is 0.111. The number of fused-ring (bicyclic) bond motifs is 1. The number of aliphatic carboxylic acids is 1. The highest BCUT2D eigenvalue weighted by Gasteiger charge is 2.19. The summed E-state index contributed by atoms with van der Waals surface area (Å²) < 4.78 is 13.1. The molecule has 0 bridgehead atoms. The van der Waals surface area contributed by atoms with Gasteiger partial charge in [0.2, 0.25) is 0 Å². The van der Waals surface area contributed by atoms with Crippen LogP contribution in [0, 0.1) is 5.82 Å². The first kappa shape index (κ1) is 15.7. The minimum Gasteiger partial charge on any atom is -0.481 e. The van der Waals surface area contributed by atoms with Crippen LogP contribution < -0.4 is 5.32 Å². The number of benzene rings is 2. The number of aromatic amines is 1. The van der Waals surface area contributed by atoms with Crippen molar-refractivity contribution < 1.29 is 19.1 Å². The molecule has 1 aromatic heterocycles. The van der Waals surface area contributed by atoms with Crippen molar-refractivity contribution in [3.63, 3.8) is 0 Å². The predicted octanol–water partition coefficient (Wildman–Crippen LogP) is 3.25. The summed E-state index contributed by atoms with van der Waals surface area (Å²) in [6.07, 6.45) is 1.49. The molecule has 1 heterocycles. The second kappa shape index (κ2) is 6.54. The van der Waals surface area contributed by atoms with Gasteiger partial charge in [-0.1, -0.05) is 12.1 Å². The summed E-state index contributed by atoms with van der Waals surface area (Å²) in [7, 11) is 0. The number of aromatic nitrogens is 1. The van der Waals surface area contributed by atoms with Crippen LogP contribution in [0.4, 0.5) is 4.39 Å². The summed E-state index contributed by atoms with van der Waals surface area (Å²) in [5, 5.41) is 12.7. The van der Waals surface area contributed by atoms with E-state index in [0.717, 1.165) is 10.9 Å². The monoisotopic (exact) mass is 326 g/mol. The zero-order valence-electron chi connectivity index (χ0n) is 12.6. The number of carbonyl (C=O) groups excluding carboxylic acids is 1. The van der Waals surface area contributed by atoms with Crippen LogP contribution in [0.5, 0.6) is 0 Å². The Labute approximate surface area is 137 Å². The topological polar surface area (TPSA) is 82.2 Å². The van der Waals surface area contributed by atoms with Crippen molar-refractivity contribution in [2.45, 2.75) is 12.5 Å². The maximum absolute atomic E-state index is 13.1. The molecule has 0 unspecified atom stereocenters. The molecule has 0 aliphatic rings.